The number of nitrogens with two attached hydrogens (primary N) is 1. The van der Waals surface area contributed by atoms with Crippen molar-refractivity contribution in [3.63, 3.8) is 0 Å². The highest BCUT2D eigenvalue weighted by molar-refractivity contribution is 5.99. The lowest BCUT2D eigenvalue weighted by Crippen LogP contribution is -2.44. The predicted molar refractivity (Wildman–Crippen MR) is 121 cm³/mol. The molecule has 8 nitrogen and oxygen atoms in total. The van der Waals surface area contributed by atoms with Crippen LogP contribution < -0.4 is 16.4 Å². The molecule has 1 saturated heterocycles. The van der Waals surface area contributed by atoms with Crippen molar-refractivity contribution in [2.75, 3.05) is 6.54 Å². The summed E-state index contributed by atoms with van der Waals surface area (Å²) >= 11 is 0. The Bertz CT molecular complexity index is 1060. The Hall–Kier alpha value is -3.34. The monoisotopic (exact) mass is 437 g/mol. The molecule has 1 fully saturated rings. The smallest absolute Gasteiger partial charge is 0.265 e. The van der Waals surface area contributed by atoms with E-state index in [1.54, 1.807) is 10.6 Å². The van der Waals surface area contributed by atoms with Gasteiger partial charge < -0.3 is 20.9 Å². The van der Waals surface area contributed by atoms with E-state index in [4.69, 9.17) is 5.73 Å². The number of hydrogen-bond donors (Lipinski definition) is 3. The summed E-state index contributed by atoms with van der Waals surface area (Å²) in [5.74, 6) is -1.37. The van der Waals surface area contributed by atoms with Crippen LogP contribution >= 0.6 is 0 Å². The van der Waals surface area contributed by atoms with Crippen molar-refractivity contribution in [1.82, 2.24) is 15.2 Å². The van der Waals surface area contributed by atoms with Gasteiger partial charge in [0.2, 0.25) is 11.8 Å². The molecule has 3 rings (SSSR count). The molecule has 32 heavy (non-hydrogen) atoms. The largest absolute Gasteiger partial charge is 0.364 e. The lowest BCUT2D eigenvalue weighted by atomic mass is 9.87. The highest BCUT2D eigenvalue weighted by Crippen LogP contribution is 2.33. The topological polar surface area (TPSA) is 130 Å². The van der Waals surface area contributed by atoms with Crippen LogP contribution in [0, 0.1) is 22.7 Å². The van der Waals surface area contributed by atoms with Crippen LogP contribution in [0.2, 0.25) is 0 Å². The number of rotatable bonds is 7. The molecule has 0 spiro atoms. The number of hydrogen-bond acceptors (Lipinski definition) is 4. The van der Waals surface area contributed by atoms with E-state index in [1.165, 1.54) is 0 Å². The zero-order chi connectivity index (χ0) is 23.5. The van der Waals surface area contributed by atoms with Crippen molar-refractivity contribution in [1.29, 1.82) is 5.26 Å². The van der Waals surface area contributed by atoms with Crippen LogP contribution in [0.1, 0.15) is 63.0 Å². The standard InChI is InChI=1S/C24H31N5O3/c1-24(2,3)13-20(29-18-9-5-4-7-15(18)12-19(29)21(26)30)23(32)28-17(14-25)11-16-8-6-10-27-22(16)31/h4-5,7,9,12,16-17,20H,6,8,10-11,13H2,1-3H3,(H2,26,30)(H,27,31)(H,28,32)/t16-,17-,20-/m0/s1. The van der Waals surface area contributed by atoms with Crippen LogP contribution in [0.4, 0.5) is 0 Å². The number of carbonyl (C=O) groups excluding carboxylic acids is 3. The zero-order valence-corrected chi connectivity index (χ0v) is 18.9. The van der Waals surface area contributed by atoms with E-state index in [0.29, 0.717) is 19.4 Å². The number of benzene rings is 1. The van der Waals surface area contributed by atoms with Crippen molar-refractivity contribution in [3.8, 4) is 6.07 Å². The minimum absolute atomic E-state index is 0.0793. The van der Waals surface area contributed by atoms with Crippen LogP contribution in [-0.2, 0) is 9.59 Å². The second-order valence-corrected chi connectivity index (χ2v) is 9.66. The number of nitrogens with one attached hydrogen (secondary N) is 2. The van der Waals surface area contributed by atoms with Gasteiger partial charge in [-0.1, -0.05) is 39.0 Å². The lowest BCUT2D eigenvalue weighted by molar-refractivity contribution is -0.128. The first-order chi connectivity index (χ1) is 15.1. The van der Waals surface area contributed by atoms with Crippen molar-refractivity contribution in [2.24, 2.45) is 17.1 Å². The maximum Gasteiger partial charge on any atom is 0.265 e. The molecule has 4 N–H and O–H groups in total. The van der Waals surface area contributed by atoms with Crippen LogP contribution in [0.3, 0.4) is 0 Å². The summed E-state index contributed by atoms with van der Waals surface area (Å²) in [5, 5.41) is 16.1. The summed E-state index contributed by atoms with van der Waals surface area (Å²) in [7, 11) is 0. The molecule has 1 aliphatic heterocycles. The molecular formula is C24H31N5O3. The summed E-state index contributed by atoms with van der Waals surface area (Å²) in [4.78, 5) is 37.8. The second kappa shape index (κ2) is 9.43. The third-order valence-electron chi connectivity index (χ3n) is 5.81. The summed E-state index contributed by atoms with van der Waals surface area (Å²) in [6.07, 6.45) is 2.23. The summed E-state index contributed by atoms with van der Waals surface area (Å²) < 4.78 is 1.68. The number of para-hydroxylation sites is 1. The minimum atomic E-state index is -0.808. The van der Waals surface area contributed by atoms with Gasteiger partial charge in [0.1, 0.15) is 17.8 Å². The quantitative estimate of drug-likeness (QED) is 0.615. The minimum Gasteiger partial charge on any atom is -0.364 e. The van der Waals surface area contributed by atoms with E-state index in [0.717, 1.165) is 17.3 Å². The molecule has 2 aromatic rings. The molecule has 2 heterocycles. The average Bonchev–Trinajstić information content (AvgIpc) is 3.12. The normalized spacial score (nSPS) is 18.4. The molecule has 170 valence electrons. The number of amides is 3. The molecular weight excluding hydrogens is 406 g/mol. The fourth-order valence-corrected chi connectivity index (χ4v) is 4.34. The van der Waals surface area contributed by atoms with Gasteiger partial charge in [0.25, 0.3) is 5.91 Å². The molecule has 0 aliphatic carbocycles. The maximum absolute atomic E-state index is 13.5. The molecule has 8 heteroatoms. The first-order valence-electron chi connectivity index (χ1n) is 11.0. The van der Waals surface area contributed by atoms with Gasteiger partial charge in [-0.05, 0) is 43.2 Å². The molecule has 0 bridgehead atoms. The van der Waals surface area contributed by atoms with Crippen LogP contribution in [0.25, 0.3) is 10.9 Å². The van der Waals surface area contributed by atoms with Gasteiger partial charge >= 0.3 is 0 Å². The number of primary amides is 1. The summed E-state index contributed by atoms with van der Waals surface area (Å²) in [6, 6.07) is 9.68. The summed E-state index contributed by atoms with van der Waals surface area (Å²) in [6.45, 7) is 6.67. The Morgan fingerprint density at radius 2 is 2.06 bits per heavy atom. The van der Waals surface area contributed by atoms with Crippen molar-refractivity contribution < 1.29 is 14.4 Å². The number of nitrogens with zero attached hydrogens (tertiary/aromatic N) is 2. The molecule has 0 unspecified atom stereocenters. The Morgan fingerprint density at radius 3 is 2.69 bits per heavy atom. The molecule has 0 saturated carbocycles. The highest BCUT2D eigenvalue weighted by Gasteiger charge is 2.33. The second-order valence-electron chi connectivity index (χ2n) is 9.66. The molecule has 1 aromatic heterocycles. The fraction of sp³-hybridized carbons (Fsp3) is 0.500. The average molecular weight is 438 g/mol. The number of aromatic nitrogens is 1. The van der Waals surface area contributed by atoms with Crippen molar-refractivity contribution in [3.05, 3.63) is 36.0 Å². The molecule has 0 radical (unpaired) electrons. The SMILES string of the molecule is CC(C)(C)C[C@@H](C(=O)N[C@H](C#N)C[C@@H]1CCCNC1=O)n1c(C(N)=O)cc2ccccc21. The van der Waals surface area contributed by atoms with Gasteiger partial charge in [-0.15, -0.1) is 0 Å². The van der Waals surface area contributed by atoms with Crippen molar-refractivity contribution in [2.45, 2.75) is 58.5 Å². The lowest BCUT2D eigenvalue weighted by Gasteiger charge is -2.30. The van der Waals surface area contributed by atoms with E-state index in [2.05, 4.69) is 16.7 Å². The first-order valence-corrected chi connectivity index (χ1v) is 11.0. The third kappa shape index (κ3) is 5.28. The van der Waals surface area contributed by atoms with E-state index in [9.17, 15) is 19.6 Å². The van der Waals surface area contributed by atoms with E-state index in [1.807, 2.05) is 45.0 Å². The van der Waals surface area contributed by atoms with Crippen molar-refractivity contribution >= 4 is 28.6 Å². The Labute approximate surface area is 188 Å². The van der Waals surface area contributed by atoms with E-state index >= 15 is 0 Å². The van der Waals surface area contributed by atoms with E-state index in [-0.39, 0.29) is 35.3 Å². The molecule has 3 amide bonds. The van der Waals surface area contributed by atoms with Gasteiger partial charge in [0, 0.05) is 23.4 Å². The first kappa shape index (κ1) is 23.3. The Balaban J connectivity index is 1.94. The Kier molecular flexibility index (Phi) is 6.87. The van der Waals surface area contributed by atoms with Crippen LogP contribution in [0.15, 0.2) is 30.3 Å². The molecule has 1 aromatic carbocycles. The van der Waals surface area contributed by atoms with Gasteiger partial charge in [-0.25, -0.2) is 0 Å². The van der Waals surface area contributed by atoms with Gasteiger partial charge in [0.05, 0.1) is 6.07 Å². The van der Waals surface area contributed by atoms with Crippen LogP contribution in [-0.4, -0.2) is 34.9 Å². The Morgan fingerprint density at radius 1 is 1.34 bits per heavy atom. The van der Waals surface area contributed by atoms with Crippen LogP contribution in [0.5, 0.6) is 0 Å². The molecule has 3 atom stereocenters. The third-order valence-corrected chi connectivity index (χ3v) is 5.81. The highest BCUT2D eigenvalue weighted by atomic mass is 16.2. The predicted octanol–water partition coefficient (Wildman–Crippen LogP) is 2.64. The van der Waals surface area contributed by atoms with Gasteiger partial charge in [0.15, 0.2) is 0 Å². The van der Waals surface area contributed by atoms with Gasteiger partial charge in [-0.3, -0.25) is 14.4 Å². The van der Waals surface area contributed by atoms with E-state index < -0.39 is 18.0 Å². The van der Waals surface area contributed by atoms with Gasteiger partial charge in [-0.2, -0.15) is 5.26 Å². The number of carbonyl (C=O) groups is 3. The molecule has 1 aliphatic rings. The fourth-order valence-electron chi connectivity index (χ4n) is 4.34. The number of fused-ring (bicyclic) bond motifs is 1. The maximum atomic E-state index is 13.5. The zero-order valence-electron chi connectivity index (χ0n) is 18.9. The summed E-state index contributed by atoms with van der Waals surface area (Å²) in [5.41, 5.74) is 6.39. The number of nitriles is 1. The number of piperidine rings is 1.